The number of ether oxygens (including phenoxy) is 1. The molecule has 0 spiro atoms. The van der Waals surface area contributed by atoms with Crippen molar-refractivity contribution in [1.82, 2.24) is 14.5 Å². The highest BCUT2D eigenvalue weighted by Crippen LogP contribution is 2.18. The number of aromatic nitrogens is 2. The van der Waals surface area contributed by atoms with Crippen LogP contribution in [0.1, 0.15) is 12.1 Å². The van der Waals surface area contributed by atoms with Gasteiger partial charge in [-0.15, -0.1) is 0 Å². The van der Waals surface area contributed by atoms with E-state index in [4.69, 9.17) is 4.74 Å². The van der Waals surface area contributed by atoms with E-state index in [0.717, 1.165) is 51.4 Å². The SMILES string of the molecule is COCCn1cncc1CN1CCCN(c2ccc(F)cc2)CC1. The summed E-state index contributed by atoms with van der Waals surface area (Å²) in [5.41, 5.74) is 2.32. The Morgan fingerprint density at radius 3 is 2.75 bits per heavy atom. The zero-order valence-electron chi connectivity index (χ0n) is 14.2. The van der Waals surface area contributed by atoms with Gasteiger partial charge in [0.1, 0.15) is 5.82 Å². The van der Waals surface area contributed by atoms with Crippen LogP contribution in [0.5, 0.6) is 0 Å². The first kappa shape index (κ1) is 16.9. The quantitative estimate of drug-likeness (QED) is 0.813. The number of imidazole rings is 1. The summed E-state index contributed by atoms with van der Waals surface area (Å²) >= 11 is 0. The molecule has 3 rings (SSSR count). The van der Waals surface area contributed by atoms with Gasteiger partial charge >= 0.3 is 0 Å². The zero-order chi connectivity index (χ0) is 16.8. The molecule has 24 heavy (non-hydrogen) atoms. The van der Waals surface area contributed by atoms with Gasteiger partial charge in [0.2, 0.25) is 0 Å². The van der Waals surface area contributed by atoms with Gasteiger partial charge in [-0.2, -0.15) is 0 Å². The second kappa shape index (κ2) is 8.26. The number of methoxy groups -OCH3 is 1. The van der Waals surface area contributed by atoms with Crippen LogP contribution < -0.4 is 4.90 Å². The van der Waals surface area contributed by atoms with Gasteiger partial charge in [0.15, 0.2) is 0 Å². The minimum atomic E-state index is -0.181. The highest BCUT2D eigenvalue weighted by Gasteiger charge is 2.16. The fourth-order valence-electron chi connectivity index (χ4n) is 3.14. The largest absolute Gasteiger partial charge is 0.383 e. The zero-order valence-corrected chi connectivity index (χ0v) is 14.2. The summed E-state index contributed by atoms with van der Waals surface area (Å²) in [7, 11) is 1.72. The Morgan fingerprint density at radius 2 is 1.96 bits per heavy atom. The van der Waals surface area contributed by atoms with Crippen LogP contribution in [0.3, 0.4) is 0 Å². The maximum atomic E-state index is 13.1. The number of hydrogen-bond donors (Lipinski definition) is 0. The molecule has 1 aliphatic rings. The molecule has 0 radical (unpaired) electrons. The predicted octanol–water partition coefficient (Wildman–Crippen LogP) is 2.38. The molecule has 130 valence electrons. The van der Waals surface area contributed by atoms with E-state index in [1.54, 1.807) is 7.11 Å². The van der Waals surface area contributed by atoms with Crippen molar-refractivity contribution in [3.05, 3.63) is 48.3 Å². The molecule has 0 N–H and O–H groups in total. The van der Waals surface area contributed by atoms with E-state index < -0.39 is 0 Å². The fraction of sp³-hybridized carbons (Fsp3) is 0.500. The van der Waals surface area contributed by atoms with Gasteiger partial charge in [0.05, 0.1) is 18.6 Å². The van der Waals surface area contributed by atoms with Gasteiger partial charge in [-0.25, -0.2) is 9.37 Å². The number of rotatable bonds is 6. The number of benzene rings is 1. The Labute approximate surface area is 142 Å². The molecular weight excluding hydrogens is 307 g/mol. The monoisotopic (exact) mass is 332 g/mol. The third-order valence-electron chi connectivity index (χ3n) is 4.50. The van der Waals surface area contributed by atoms with Crippen LogP contribution in [0.4, 0.5) is 10.1 Å². The van der Waals surface area contributed by atoms with Gasteiger partial charge in [0, 0.05) is 58.3 Å². The number of halogens is 1. The minimum Gasteiger partial charge on any atom is -0.383 e. The van der Waals surface area contributed by atoms with Gasteiger partial charge < -0.3 is 14.2 Å². The Morgan fingerprint density at radius 1 is 1.12 bits per heavy atom. The first-order chi connectivity index (χ1) is 11.8. The topological polar surface area (TPSA) is 33.5 Å². The molecule has 0 unspecified atom stereocenters. The van der Waals surface area contributed by atoms with Crippen molar-refractivity contribution in [2.75, 3.05) is 44.8 Å². The van der Waals surface area contributed by atoms with E-state index in [2.05, 4.69) is 19.4 Å². The highest BCUT2D eigenvalue weighted by molar-refractivity contribution is 5.46. The molecule has 0 aliphatic carbocycles. The molecule has 1 fully saturated rings. The van der Waals surface area contributed by atoms with Crippen LogP contribution in [-0.2, 0) is 17.8 Å². The molecule has 5 nitrogen and oxygen atoms in total. The molecule has 0 atom stereocenters. The predicted molar refractivity (Wildman–Crippen MR) is 92.6 cm³/mol. The van der Waals surface area contributed by atoms with Crippen molar-refractivity contribution in [2.24, 2.45) is 0 Å². The smallest absolute Gasteiger partial charge is 0.123 e. The molecule has 1 aromatic heterocycles. The lowest BCUT2D eigenvalue weighted by Gasteiger charge is -2.24. The summed E-state index contributed by atoms with van der Waals surface area (Å²) in [4.78, 5) is 9.07. The molecule has 1 aromatic carbocycles. The van der Waals surface area contributed by atoms with Gasteiger partial charge in [-0.05, 0) is 30.7 Å². The molecule has 2 heterocycles. The van der Waals surface area contributed by atoms with Gasteiger partial charge in [-0.1, -0.05) is 0 Å². The van der Waals surface area contributed by atoms with Crippen LogP contribution in [0.15, 0.2) is 36.8 Å². The fourth-order valence-corrected chi connectivity index (χ4v) is 3.14. The summed E-state index contributed by atoms with van der Waals surface area (Å²) in [6.45, 7) is 6.45. The summed E-state index contributed by atoms with van der Waals surface area (Å²) < 4.78 is 20.4. The highest BCUT2D eigenvalue weighted by atomic mass is 19.1. The molecule has 2 aromatic rings. The van der Waals surface area contributed by atoms with Gasteiger partial charge in [-0.3, -0.25) is 4.90 Å². The molecule has 6 heteroatoms. The lowest BCUT2D eigenvalue weighted by Crippen LogP contribution is -2.31. The van der Waals surface area contributed by atoms with E-state index in [-0.39, 0.29) is 5.82 Å². The first-order valence-corrected chi connectivity index (χ1v) is 8.47. The van der Waals surface area contributed by atoms with E-state index in [9.17, 15) is 4.39 Å². The third-order valence-corrected chi connectivity index (χ3v) is 4.50. The average molecular weight is 332 g/mol. The van der Waals surface area contributed by atoms with E-state index in [1.165, 1.54) is 17.8 Å². The standard InChI is InChI=1S/C18H25FN4O/c1-24-12-11-23-15-20-13-18(23)14-21-7-2-8-22(10-9-21)17-5-3-16(19)4-6-17/h3-6,13,15H,2,7-12,14H2,1H3. The van der Waals surface area contributed by atoms with Crippen molar-refractivity contribution in [3.8, 4) is 0 Å². The number of nitrogens with zero attached hydrogens (tertiary/aromatic N) is 4. The summed E-state index contributed by atoms with van der Waals surface area (Å²) in [6.07, 6.45) is 4.92. The maximum absolute atomic E-state index is 13.1. The Balaban J connectivity index is 1.57. The van der Waals surface area contributed by atoms with Crippen molar-refractivity contribution in [2.45, 2.75) is 19.5 Å². The van der Waals surface area contributed by atoms with Crippen molar-refractivity contribution in [3.63, 3.8) is 0 Å². The van der Waals surface area contributed by atoms with Crippen LogP contribution in [0.2, 0.25) is 0 Å². The Bertz CT molecular complexity index is 628. The lowest BCUT2D eigenvalue weighted by atomic mass is 10.2. The average Bonchev–Trinajstić information content (AvgIpc) is 2.89. The van der Waals surface area contributed by atoms with Gasteiger partial charge in [0.25, 0.3) is 0 Å². The molecule has 0 saturated carbocycles. The number of anilines is 1. The summed E-state index contributed by atoms with van der Waals surface area (Å²) in [5, 5.41) is 0. The van der Waals surface area contributed by atoms with E-state index in [1.807, 2.05) is 24.7 Å². The Hall–Kier alpha value is -1.92. The normalized spacial score (nSPS) is 16.3. The van der Waals surface area contributed by atoms with E-state index in [0.29, 0.717) is 6.61 Å². The molecule has 1 saturated heterocycles. The molecule has 0 amide bonds. The maximum Gasteiger partial charge on any atom is 0.123 e. The Kier molecular flexibility index (Phi) is 5.82. The summed E-state index contributed by atoms with van der Waals surface area (Å²) in [6, 6.07) is 6.80. The second-order valence-corrected chi connectivity index (χ2v) is 6.16. The second-order valence-electron chi connectivity index (χ2n) is 6.16. The van der Waals surface area contributed by atoms with Crippen LogP contribution in [-0.4, -0.2) is 54.3 Å². The molecule has 1 aliphatic heterocycles. The van der Waals surface area contributed by atoms with Crippen molar-refractivity contribution in [1.29, 1.82) is 0 Å². The molecular formula is C18H25FN4O. The van der Waals surface area contributed by atoms with Crippen LogP contribution in [0.25, 0.3) is 0 Å². The first-order valence-electron chi connectivity index (χ1n) is 8.47. The van der Waals surface area contributed by atoms with Crippen LogP contribution >= 0.6 is 0 Å². The van der Waals surface area contributed by atoms with Crippen molar-refractivity contribution >= 4 is 5.69 Å². The minimum absolute atomic E-state index is 0.181. The summed E-state index contributed by atoms with van der Waals surface area (Å²) in [5.74, 6) is -0.181. The third kappa shape index (κ3) is 4.33. The van der Waals surface area contributed by atoms with Crippen LogP contribution in [0, 0.1) is 5.82 Å². The molecule has 0 bridgehead atoms. The van der Waals surface area contributed by atoms with E-state index >= 15 is 0 Å². The lowest BCUT2D eigenvalue weighted by molar-refractivity contribution is 0.184. The van der Waals surface area contributed by atoms with Crippen molar-refractivity contribution < 1.29 is 9.13 Å². The number of hydrogen-bond acceptors (Lipinski definition) is 4.